The summed E-state index contributed by atoms with van der Waals surface area (Å²) in [4.78, 5) is 14.8. The Balaban J connectivity index is 1.69. The smallest absolute Gasteiger partial charge is 0.250 e. The van der Waals surface area contributed by atoms with Gasteiger partial charge in [-0.1, -0.05) is 18.2 Å². The lowest BCUT2D eigenvalue weighted by atomic mass is 10.2. The van der Waals surface area contributed by atoms with Gasteiger partial charge in [-0.05, 0) is 12.1 Å². The van der Waals surface area contributed by atoms with Crippen LogP contribution in [0.5, 0.6) is 0 Å². The molecule has 1 saturated heterocycles. The number of aliphatic imine (C=N–C) groups is 2. The fourth-order valence-electron chi connectivity index (χ4n) is 2.83. The highest BCUT2D eigenvalue weighted by Gasteiger charge is 2.38. The first-order chi connectivity index (χ1) is 11.0. The number of piperazine rings is 1. The second-order valence-corrected chi connectivity index (χ2v) is 5.96. The summed E-state index contributed by atoms with van der Waals surface area (Å²) in [5, 5.41) is 3.18. The summed E-state index contributed by atoms with van der Waals surface area (Å²) in [5.74, 6) is -0.236. The molecule has 0 aromatic heterocycles. The molecule has 1 fully saturated rings. The number of nitrogens with one attached hydrogen (secondary N) is 1. The molecular formula is C15H24N8. The van der Waals surface area contributed by atoms with Crippen LogP contribution in [0.1, 0.15) is 0 Å². The molecule has 0 bridgehead atoms. The highest BCUT2D eigenvalue weighted by molar-refractivity contribution is 5.96. The van der Waals surface area contributed by atoms with E-state index in [1.54, 1.807) is 0 Å². The summed E-state index contributed by atoms with van der Waals surface area (Å²) in [6.07, 6.45) is 0. The molecule has 1 atom stereocenters. The third kappa shape index (κ3) is 3.22. The van der Waals surface area contributed by atoms with Gasteiger partial charge in [0.1, 0.15) is 0 Å². The van der Waals surface area contributed by atoms with E-state index >= 15 is 0 Å². The summed E-state index contributed by atoms with van der Waals surface area (Å²) < 4.78 is 0. The first kappa shape index (κ1) is 15.6. The van der Waals surface area contributed by atoms with Crippen molar-refractivity contribution in [3.63, 3.8) is 0 Å². The SMILES string of the molecule is CN(C)C1=NC(N)=NC(N)(N2CCN(c3ccccc3)CC2)N1. The molecule has 8 heteroatoms. The molecule has 0 saturated carbocycles. The van der Waals surface area contributed by atoms with Crippen molar-refractivity contribution in [2.75, 3.05) is 45.2 Å². The first-order valence-corrected chi connectivity index (χ1v) is 7.71. The maximum atomic E-state index is 6.46. The fourth-order valence-corrected chi connectivity index (χ4v) is 2.83. The minimum absolute atomic E-state index is 0.195. The average molecular weight is 316 g/mol. The van der Waals surface area contributed by atoms with Gasteiger partial charge in [-0.2, -0.15) is 9.98 Å². The van der Waals surface area contributed by atoms with Crippen molar-refractivity contribution < 1.29 is 0 Å². The number of benzene rings is 1. The van der Waals surface area contributed by atoms with Gasteiger partial charge in [-0.15, -0.1) is 0 Å². The molecule has 1 aromatic rings. The molecule has 124 valence electrons. The van der Waals surface area contributed by atoms with Crippen LogP contribution in [0.2, 0.25) is 0 Å². The van der Waals surface area contributed by atoms with Crippen molar-refractivity contribution in [1.29, 1.82) is 0 Å². The van der Waals surface area contributed by atoms with E-state index in [-0.39, 0.29) is 5.96 Å². The second kappa shape index (κ2) is 6.05. The normalized spacial score (nSPS) is 25.4. The number of para-hydroxylation sites is 1. The number of nitrogens with zero attached hydrogens (tertiary/aromatic N) is 5. The molecule has 23 heavy (non-hydrogen) atoms. The third-order valence-electron chi connectivity index (χ3n) is 4.11. The maximum absolute atomic E-state index is 6.46. The van der Waals surface area contributed by atoms with Crippen molar-refractivity contribution >= 4 is 17.6 Å². The molecule has 2 aliphatic heterocycles. The van der Waals surface area contributed by atoms with Crippen LogP contribution in [0.3, 0.4) is 0 Å². The van der Waals surface area contributed by atoms with Crippen molar-refractivity contribution in [1.82, 2.24) is 15.1 Å². The zero-order valence-corrected chi connectivity index (χ0v) is 13.6. The largest absolute Gasteiger partial charge is 0.369 e. The number of nitrogens with two attached hydrogens (primary N) is 2. The van der Waals surface area contributed by atoms with E-state index < -0.39 is 5.91 Å². The topological polar surface area (TPSA) is 98.5 Å². The van der Waals surface area contributed by atoms with Crippen molar-refractivity contribution in [3.8, 4) is 0 Å². The van der Waals surface area contributed by atoms with Gasteiger partial charge in [0.05, 0.1) is 0 Å². The Hall–Kier alpha value is -2.32. The molecule has 5 N–H and O–H groups in total. The Kier molecular flexibility index (Phi) is 4.10. The van der Waals surface area contributed by atoms with Crippen molar-refractivity contribution in [2.45, 2.75) is 5.91 Å². The van der Waals surface area contributed by atoms with E-state index in [0.29, 0.717) is 5.96 Å². The van der Waals surface area contributed by atoms with Crippen LogP contribution in [0.25, 0.3) is 0 Å². The maximum Gasteiger partial charge on any atom is 0.250 e. The quantitative estimate of drug-likeness (QED) is 0.662. The van der Waals surface area contributed by atoms with Gasteiger partial charge in [0, 0.05) is 46.0 Å². The second-order valence-electron chi connectivity index (χ2n) is 5.96. The molecule has 1 unspecified atom stereocenters. The van der Waals surface area contributed by atoms with Gasteiger partial charge in [0.25, 0.3) is 0 Å². The highest BCUT2D eigenvalue weighted by atomic mass is 15.6. The number of hydrogen-bond donors (Lipinski definition) is 3. The van der Waals surface area contributed by atoms with Gasteiger partial charge in [0.15, 0.2) is 0 Å². The number of guanidine groups is 2. The van der Waals surface area contributed by atoms with Crippen LogP contribution in [0, 0.1) is 0 Å². The summed E-state index contributed by atoms with van der Waals surface area (Å²) >= 11 is 0. The Morgan fingerprint density at radius 2 is 1.78 bits per heavy atom. The predicted molar refractivity (Wildman–Crippen MR) is 93.0 cm³/mol. The van der Waals surface area contributed by atoms with Crippen LogP contribution in [-0.2, 0) is 0 Å². The molecule has 1 aromatic carbocycles. The summed E-state index contributed by atoms with van der Waals surface area (Å²) in [6, 6.07) is 10.4. The van der Waals surface area contributed by atoms with Crippen molar-refractivity contribution in [3.05, 3.63) is 30.3 Å². The van der Waals surface area contributed by atoms with E-state index in [4.69, 9.17) is 11.5 Å². The molecule has 3 rings (SSSR count). The van der Waals surface area contributed by atoms with Crippen LogP contribution < -0.4 is 21.7 Å². The van der Waals surface area contributed by atoms with Gasteiger partial charge >= 0.3 is 0 Å². The highest BCUT2D eigenvalue weighted by Crippen LogP contribution is 2.19. The zero-order valence-electron chi connectivity index (χ0n) is 13.6. The fraction of sp³-hybridized carbons (Fsp3) is 0.467. The lowest BCUT2D eigenvalue weighted by Crippen LogP contribution is -2.72. The Bertz CT molecular complexity index is 603. The van der Waals surface area contributed by atoms with E-state index in [2.05, 4.69) is 49.4 Å². The number of rotatable bonds is 2. The van der Waals surface area contributed by atoms with E-state index in [0.717, 1.165) is 26.2 Å². The Morgan fingerprint density at radius 3 is 2.39 bits per heavy atom. The van der Waals surface area contributed by atoms with Crippen LogP contribution in [0.4, 0.5) is 5.69 Å². The monoisotopic (exact) mass is 316 g/mol. The molecule has 8 nitrogen and oxygen atoms in total. The van der Waals surface area contributed by atoms with E-state index in [1.165, 1.54) is 5.69 Å². The lowest BCUT2D eigenvalue weighted by molar-refractivity contribution is 0.0745. The summed E-state index contributed by atoms with van der Waals surface area (Å²) in [6.45, 7) is 3.34. The van der Waals surface area contributed by atoms with Crippen LogP contribution in [-0.4, -0.2) is 67.9 Å². The zero-order chi connectivity index (χ0) is 16.4. The molecule has 2 aliphatic rings. The minimum atomic E-state index is -1.05. The molecule has 0 spiro atoms. The standard InChI is InChI=1S/C15H24N8/c1-21(2)14-18-13(16)19-15(17,20-14)23-10-8-22(9-11-23)12-6-4-3-5-7-12/h3-7H,8-11,17H2,1-2H3,(H3,16,18,19,20). The summed E-state index contributed by atoms with van der Waals surface area (Å²) in [5.41, 5.74) is 13.5. The molecule has 2 heterocycles. The predicted octanol–water partition coefficient (Wildman–Crippen LogP) is -0.786. The first-order valence-electron chi connectivity index (χ1n) is 7.71. The van der Waals surface area contributed by atoms with E-state index in [1.807, 2.05) is 25.1 Å². The minimum Gasteiger partial charge on any atom is -0.369 e. The van der Waals surface area contributed by atoms with Crippen LogP contribution >= 0.6 is 0 Å². The Morgan fingerprint density at radius 1 is 1.13 bits per heavy atom. The van der Waals surface area contributed by atoms with Gasteiger partial charge < -0.3 is 20.9 Å². The van der Waals surface area contributed by atoms with Crippen molar-refractivity contribution in [2.24, 2.45) is 21.5 Å². The van der Waals surface area contributed by atoms with Crippen LogP contribution in [0.15, 0.2) is 40.3 Å². The van der Waals surface area contributed by atoms with Gasteiger partial charge in [-0.3, -0.25) is 5.73 Å². The summed E-state index contributed by atoms with van der Waals surface area (Å²) in [7, 11) is 3.77. The van der Waals surface area contributed by atoms with E-state index in [9.17, 15) is 0 Å². The van der Waals surface area contributed by atoms with Gasteiger partial charge in [-0.25, -0.2) is 4.90 Å². The molecule has 0 radical (unpaired) electrons. The molecular weight excluding hydrogens is 292 g/mol. The third-order valence-corrected chi connectivity index (χ3v) is 4.11. The Labute approximate surface area is 136 Å². The molecule has 0 aliphatic carbocycles. The lowest BCUT2D eigenvalue weighted by Gasteiger charge is -2.45. The number of hydrogen-bond acceptors (Lipinski definition) is 8. The van der Waals surface area contributed by atoms with Gasteiger partial charge in [0.2, 0.25) is 17.8 Å². The average Bonchev–Trinajstić information content (AvgIpc) is 2.55. The number of anilines is 1. The molecule has 0 amide bonds.